The number of nitrogens with one attached hydrogen (secondary N) is 1. The van der Waals surface area contributed by atoms with E-state index in [1.54, 1.807) is 18.4 Å². The Labute approximate surface area is 90.3 Å². The van der Waals surface area contributed by atoms with Crippen LogP contribution < -0.4 is 5.32 Å². The van der Waals surface area contributed by atoms with Crippen molar-refractivity contribution in [3.63, 3.8) is 0 Å². The maximum atomic E-state index is 5.07. The average Bonchev–Trinajstić information content (AvgIpc) is 2.71. The smallest absolute Gasteiger partial charge is 0.0477 e. The van der Waals surface area contributed by atoms with Gasteiger partial charge in [-0.3, -0.25) is 0 Å². The van der Waals surface area contributed by atoms with Crippen molar-refractivity contribution in [1.29, 1.82) is 0 Å². The summed E-state index contributed by atoms with van der Waals surface area (Å²) >= 11 is 1.77. The number of hydrogen-bond donors (Lipinski definition) is 1. The molecule has 3 heteroatoms. The molecule has 1 heterocycles. The van der Waals surface area contributed by atoms with Gasteiger partial charge in [0.2, 0.25) is 0 Å². The molecule has 1 aromatic heterocycles. The second kappa shape index (κ2) is 6.98. The molecule has 1 N–H and O–H groups in total. The second-order valence-electron chi connectivity index (χ2n) is 3.44. The largest absolute Gasteiger partial charge is 0.385 e. The first-order valence-electron chi connectivity index (χ1n) is 5.04. The lowest BCUT2D eigenvalue weighted by Gasteiger charge is -2.14. The Hall–Kier alpha value is -0.380. The van der Waals surface area contributed by atoms with Crippen LogP contribution >= 0.6 is 11.3 Å². The molecule has 0 bridgehead atoms. The Kier molecular flexibility index (Phi) is 5.83. The zero-order valence-corrected chi connectivity index (χ0v) is 9.77. The third-order valence-electron chi connectivity index (χ3n) is 2.44. The van der Waals surface area contributed by atoms with Crippen LogP contribution in [0.3, 0.4) is 0 Å². The third kappa shape index (κ3) is 4.22. The average molecular weight is 213 g/mol. The van der Waals surface area contributed by atoms with E-state index in [1.807, 2.05) is 7.05 Å². The van der Waals surface area contributed by atoms with Crippen molar-refractivity contribution >= 4 is 11.3 Å². The lowest BCUT2D eigenvalue weighted by molar-refractivity contribution is 0.182. The van der Waals surface area contributed by atoms with Gasteiger partial charge in [-0.25, -0.2) is 0 Å². The molecule has 0 aliphatic heterocycles. The van der Waals surface area contributed by atoms with Crippen LogP contribution in [-0.2, 0) is 11.2 Å². The normalized spacial score (nSPS) is 13.0. The first-order valence-corrected chi connectivity index (χ1v) is 5.98. The minimum Gasteiger partial charge on any atom is -0.385 e. The highest BCUT2D eigenvalue weighted by Gasteiger charge is 2.05. The lowest BCUT2D eigenvalue weighted by atomic mass is 10.1. The summed E-state index contributed by atoms with van der Waals surface area (Å²) in [4.78, 5) is 0. The maximum absolute atomic E-state index is 5.07. The van der Waals surface area contributed by atoms with Crippen LogP contribution in [0.15, 0.2) is 16.8 Å². The Morgan fingerprint density at radius 2 is 2.36 bits per heavy atom. The van der Waals surface area contributed by atoms with Gasteiger partial charge in [0.05, 0.1) is 0 Å². The van der Waals surface area contributed by atoms with Crippen molar-refractivity contribution < 1.29 is 4.74 Å². The highest BCUT2D eigenvalue weighted by Crippen LogP contribution is 2.10. The third-order valence-corrected chi connectivity index (χ3v) is 3.17. The summed E-state index contributed by atoms with van der Waals surface area (Å²) in [6, 6.07) is 2.78. The molecule has 1 aromatic rings. The summed E-state index contributed by atoms with van der Waals surface area (Å²) < 4.78 is 5.07. The number of thiophene rings is 1. The summed E-state index contributed by atoms with van der Waals surface area (Å²) in [5, 5.41) is 7.69. The molecule has 1 unspecified atom stereocenters. The zero-order chi connectivity index (χ0) is 10.2. The van der Waals surface area contributed by atoms with Crippen molar-refractivity contribution in [2.24, 2.45) is 0 Å². The minimum atomic E-state index is 0.579. The van der Waals surface area contributed by atoms with Gasteiger partial charge in [-0.05, 0) is 48.7 Å². The monoisotopic (exact) mass is 213 g/mol. The van der Waals surface area contributed by atoms with Gasteiger partial charge in [-0.1, -0.05) is 0 Å². The highest BCUT2D eigenvalue weighted by molar-refractivity contribution is 7.07. The topological polar surface area (TPSA) is 21.3 Å². The molecule has 0 spiro atoms. The first kappa shape index (κ1) is 11.7. The molecule has 0 radical (unpaired) electrons. The minimum absolute atomic E-state index is 0.579. The molecule has 0 saturated carbocycles. The van der Waals surface area contributed by atoms with Gasteiger partial charge in [0.1, 0.15) is 0 Å². The van der Waals surface area contributed by atoms with E-state index in [-0.39, 0.29) is 0 Å². The number of rotatable bonds is 7. The summed E-state index contributed by atoms with van der Waals surface area (Å²) in [6.45, 7) is 0.842. The Morgan fingerprint density at radius 3 is 2.93 bits per heavy atom. The van der Waals surface area contributed by atoms with Crippen LogP contribution in [-0.4, -0.2) is 26.8 Å². The molecule has 0 aliphatic rings. The number of aryl methyl sites for hydroxylation is 1. The Bertz CT molecular complexity index is 223. The van der Waals surface area contributed by atoms with Crippen LogP contribution in [0, 0.1) is 0 Å². The molecule has 0 aliphatic carbocycles. The van der Waals surface area contributed by atoms with Gasteiger partial charge in [-0.15, -0.1) is 0 Å². The van der Waals surface area contributed by atoms with Crippen LogP contribution in [0.2, 0.25) is 0 Å². The van der Waals surface area contributed by atoms with Gasteiger partial charge in [0, 0.05) is 19.8 Å². The number of hydrogen-bond acceptors (Lipinski definition) is 3. The maximum Gasteiger partial charge on any atom is 0.0477 e. The van der Waals surface area contributed by atoms with Crippen molar-refractivity contribution in [3.8, 4) is 0 Å². The quantitative estimate of drug-likeness (QED) is 0.750. The predicted molar refractivity (Wildman–Crippen MR) is 62.0 cm³/mol. The molecule has 0 fully saturated rings. The molecule has 2 nitrogen and oxygen atoms in total. The lowest BCUT2D eigenvalue weighted by Crippen LogP contribution is -2.27. The molecule has 14 heavy (non-hydrogen) atoms. The van der Waals surface area contributed by atoms with Crippen molar-refractivity contribution in [2.75, 3.05) is 20.8 Å². The molecule has 80 valence electrons. The van der Waals surface area contributed by atoms with Gasteiger partial charge in [0.15, 0.2) is 0 Å². The van der Waals surface area contributed by atoms with E-state index >= 15 is 0 Å². The molecular weight excluding hydrogens is 194 g/mol. The molecule has 0 saturated heterocycles. The molecule has 0 aromatic carbocycles. The summed E-state index contributed by atoms with van der Waals surface area (Å²) in [6.07, 6.45) is 3.45. The van der Waals surface area contributed by atoms with E-state index in [2.05, 4.69) is 22.1 Å². The number of methoxy groups -OCH3 is 1. The summed E-state index contributed by atoms with van der Waals surface area (Å²) in [5.41, 5.74) is 1.45. The number of ether oxygens (including phenoxy) is 1. The second-order valence-corrected chi connectivity index (χ2v) is 4.22. The van der Waals surface area contributed by atoms with Gasteiger partial charge in [0.25, 0.3) is 0 Å². The molecular formula is C11H19NOS. The van der Waals surface area contributed by atoms with Crippen LogP contribution in [0.1, 0.15) is 18.4 Å². The molecule has 1 rings (SSSR count). The van der Waals surface area contributed by atoms with E-state index in [9.17, 15) is 0 Å². The van der Waals surface area contributed by atoms with Crippen molar-refractivity contribution in [2.45, 2.75) is 25.3 Å². The fraction of sp³-hybridized carbons (Fsp3) is 0.636. The highest BCUT2D eigenvalue weighted by atomic mass is 32.1. The predicted octanol–water partition coefficient (Wildman–Crippen LogP) is 2.31. The first-order chi connectivity index (χ1) is 6.86. The fourth-order valence-electron chi connectivity index (χ4n) is 1.47. The molecule has 1 atom stereocenters. The Balaban J connectivity index is 2.20. The van der Waals surface area contributed by atoms with Gasteiger partial charge >= 0.3 is 0 Å². The van der Waals surface area contributed by atoms with E-state index in [0.717, 1.165) is 13.0 Å². The molecule has 0 amide bonds. The summed E-state index contributed by atoms with van der Waals surface area (Å²) in [7, 11) is 3.78. The van der Waals surface area contributed by atoms with Crippen LogP contribution in [0.4, 0.5) is 0 Å². The van der Waals surface area contributed by atoms with E-state index < -0.39 is 0 Å². The van der Waals surface area contributed by atoms with E-state index in [0.29, 0.717) is 6.04 Å². The van der Waals surface area contributed by atoms with Gasteiger partial charge < -0.3 is 10.1 Å². The standard InChI is InChI=1S/C11H19NOS/c1-12-11(5-7-13-2)4-3-10-6-8-14-9-10/h6,8-9,11-12H,3-5,7H2,1-2H3. The Morgan fingerprint density at radius 1 is 1.50 bits per heavy atom. The zero-order valence-electron chi connectivity index (χ0n) is 8.95. The van der Waals surface area contributed by atoms with Crippen molar-refractivity contribution in [3.05, 3.63) is 22.4 Å². The van der Waals surface area contributed by atoms with Gasteiger partial charge in [-0.2, -0.15) is 11.3 Å². The van der Waals surface area contributed by atoms with Crippen LogP contribution in [0.5, 0.6) is 0 Å². The van der Waals surface area contributed by atoms with E-state index in [1.165, 1.54) is 18.4 Å². The van der Waals surface area contributed by atoms with E-state index in [4.69, 9.17) is 4.74 Å². The SMILES string of the molecule is CNC(CCOC)CCc1ccsc1. The summed E-state index contributed by atoms with van der Waals surface area (Å²) in [5.74, 6) is 0. The fourth-order valence-corrected chi connectivity index (χ4v) is 2.17. The van der Waals surface area contributed by atoms with Crippen LogP contribution in [0.25, 0.3) is 0 Å². The van der Waals surface area contributed by atoms with Crippen molar-refractivity contribution in [1.82, 2.24) is 5.32 Å².